The van der Waals surface area contributed by atoms with E-state index in [0.29, 0.717) is 0 Å². The van der Waals surface area contributed by atoms with E-state index in [0.717, 1.165) is 0 Å². The highest BCUT2D eigenvalue weighted by atomic mass is 16.8. The predicted octanol–water partition coefficient (Wildman–Crippen LogP) is 1.84. The first kappa shape index (κ1) is 11.4. The summed E-state index contributed by atoms with van der Waals surface area (Å²) in [5.41, 5.74) is -0.557. The molecule has 0 saturated heterocycles. The van der Waals surface area contributed by atoms with Crippen molar-refractivity contribution in [3.8, 4) is 6.07 Å². The second-order valence-corrected chi connectivity index (χ2v) is 3.34. The number of ether oxygens (including phenoxy) is 1. The first-order chi connectivity index (χ1) is 5.85. The molecule has 5 heteroatoms. The van der Waals surface area contributed by atoms with Crippen molar-refractivity contribution in [1.29, 1.82) is 5.26 Å². The van der Waals surface area contributed by atoms with Crippen LogP contribution in [0.15, 0.2) is 5.16 Å². The fourth-order valence-corrected chi connectivity index (χ4v) is 0.395. The van der Waals surface area contributed by atoms with Crippen molar-refractivity contribution in [2.24, 2.45) is 5.16 Å². The quantitative estimate of drug-likeness (QED) is 0.270. The van der Waals surface area contributed by atoms with Crippen LogP contribution >= 0.6 is 0 Å². The summed E-state index contributed by atoms with van der Waals surface area (Å²) >= 11 is 0. The molecule has 0 atom stereocenters. The van der Waals surface area contributed by atoms with Gasteiger partial charge in [-0.2, -0.15) is 5.26 Å². The van der Waals surface area contributed by atoms with Gasteiger partial charge in [-0.25, -0.2) is 4.79 Å². The van der Waals surface area contributed by atoms with Gasteiger partial charge in [-0.15, -0.1) is 0 Å². The van der Waals surface area contributed by atoms with E-state index in [2.05, 4.69) is 9.99 Å². The molecule has 0 N–H and O–H groups in total. The Kier molecular flexibility index (Phi) is 3.92. The standard InChI is InChI=1S/C8H12N2O3/c1-6(5-9)10-13-7(11)12-8(2,3)4/h1-4H3. The Bertz CT molecular complexity index is 258. The van der Waals surface area contributed by atoms with Crippen LogP contribution in [0.2, 0.25) is 0 Å². The molecule has 0 fully saturated rings. The number of nitrogens with zero attached hydrogens (tertiary/aromatic N) is 2. The average Bonchev–Trinajstić information content (AvgIpc) is 1.97. The SMILES string of the molecule is CC(C#N)=NOC(=O)OC(C)(C)C. The number of nitriles is 1. The topological polar surface area (TPSA) is 71.7 Å². The molecular formula is C8H12N2O3. The van der Waals surface area contributed by atoms with Gasteiger partial charge in [0.1, 0.15) is 11.7 Å². The molecule has 0 aromatic carbocycles. The molecule has 0 bridgehead atoms. The predicted molar refractivity (Wildman–Crippen MR) is 46.0 cm³/mol. The van der Waals surface area contributed by atoms with E-state index < -0.39 is 11.8 Å². The molecule has 0 saturated carbocycles. The second-order valence-electron chi connectivity index (χ2n) is 3.34. The zero-order valence-electron chi connectivity index (χ0n) is 8.12. The molecule has 0 unspecified atom stereocenters. The third kappa shape index (κ3) is 6.81. The summed E-state index contributed by atoms with van der Waals surface area (Å²) in [6, 6.07) is 1.70. The molecule has 0 amide bonds. The maximum Gasteiger partial charge on any atom is 0.535 e. The molecule has 13 heavy (non-hydrogen) atoms. The molecular weight excluding hydrogens is 172 g/mol. The molecule has 0 aliphatic rings. The first-order valence-electron chi connectivity index (χ1n) is 3.70. The lowest BCUT2D eigenvalue weighted by molar-refractivity contribution is -0.00616. The van der Waals surface area contributed by atoms with Crippen molar-refractivity contribution in [3.05, 3.63) is 0 Å². The largest absolute Gasteiger partial charge is 0.535 e. The van der Waals surface area contributed by atoms with E-state index in [1.165, 1.54) is 6.92 Å². The molecule has 0 aromatic rings. The van der Waals surface area contributed by atoms with Gasteiger partial charge < -0.3 is 4.74 Å². The molecule has 72 valence electrons. The smallest absolute Gasteiger partial charge is 0.427 e. The van der Waals surface area contributed by atoms with Crippen molar-refractivity contribution in [1.82, 2.24) is 0 Å². The monoisotopic (exact) mass is 184 g/mol. The molecule has 0 spiro atoms. The summed E-state index contributed by atoms with van der Waals surface area (Å²) in [6.45, 7) is 6.53. The summed E-state index contributed by atoms with van der Waals surface area (Å²) < 4.78 is 4.75. The second kappa shape index (κ2) is 4.45. The van der Waals surface area contributed by atoms with Gasteiger partial charge in [0.2, 0.25) is 0 Å². The van der Waals surface area contributed by atoms with Crippen LogP contribution in [0.1, 0.15) is 27.7 Å². The van der Waals surface area contributed by atoms with Crippen LogP contribution in [0.25, 0.3) is 0 Å². The van der Waals surface area contributed by atoms with Crippen LogP contribution in [0.3, 0.4) is 0 Å². The van der Waals surface area contributed by atoms with Crippen LogP contribution in [0, 0.1) is 11.3 Å². The number of oxime groups is 1. The molecule has 0 heterocycles. The Morgan fingerprint density at radius 1 is 1.46 bits per heavy atom. The fourth-order valence-electron chi connectivity index (χ4n) is 0.395. The van der Waals surface area contributed by atoms with Crippen molar-refractivity contribution in [3.63, 3.8) is 0 Å². The molecule has 0 aliphatic carbocycles. The van der Waals surface area contributed by atoms with E-state index in [1.807, 2.05) is 0 Å². The molecule has 0 rings (SSSR count). The third-order valence-corrected chi connectivity index (χ3v) is 0.808. The first-order valence-corrected chi connectivity index (χ1v) is 3.70. The summed E-state index contributed by atoms with van der Waals surface area (Å²) in [4.78, 5) is 15.1. The van der Waals surface area contributed by atoms with Crippen LogP contribution < -0.4 is 0 Å². The highest BCUT2D eigenvalue weighted by molar-refractivity contribution is 5.96. The van der Waals surface area contributed by atoms with E-state index in [1.54, 1.807) is 26.8 Å². The van der Waals surface area contributed by atoms with Crippen molar-refractivity contribution < 1.29 is 14.4 Å². The lowest BCUT2D eigenvalue weighted by Crippen LogP contribution is -2.23. The average molecular weight is 184 g/mol. The van der Waals surface area contributed by atoms with Gasteiger partial charge in [-0.1, -0.05) is 5.16 Å². The lowest BCUT2D eigenvalue weighted by Gasteiger charge is -2.16. The van der Waals surface area contributed by atoms with E-state index >= 15 is 0 Å². The maximum atomic E-state index is 10.8. The summed E-state index contributed by atoms with van der Waals surface area (Å²) in [7, 11) is 0. The van der Waals surface area contributed by atoms with Crippen molar-refractivity contribution >= 4 is 11.9 Å². The van der Waals surface area contributed by atoms with Gasteiger partial charge in [0.05, 0.1) is 0 Å². The molecule has 0 radical (unpaired) electrons. The van der Waals surface area contributed by atoms with Crippen LogP contribution in [0.4, 0.5) is 4.79 Å². The van der Waals surface area contributed by atoms with Gasteiger partial charge in [-0.3, -0.25) is 4.84 Å². The number of hydrogen-bond acceptors (Lipinski definition) is 5. The Balaban J connectivity index is 3.99. The van der Waals surface area contributed by atoms with Gasteiger partial charge in [0.15, 0.2) is 5.71 Å². The zero-order chi connectivity index (χ0) is 10.5. The minimum atomic E-state index is -0.915. The Morgan fingerprint density at radius 3 is 2.38 bits per heavy atom. The number of carbonyl (C=O) groups is 1. The van der Waals surface area contributed by atoms with Gasteiger partial charge in [0.25, 0.3) is 0 Å². The van der Waals surface area contributed by atoms with Crippen molar-refractivity contribution in [2.45, 2.75) is 33.3 Å². The third-order valence-electron chi connectivity index (χ3n) is 0.808. The van der Waals surface area contributed by atoms with Crippen LogP contribution in [-0.2, 0) is 9.57 Å². The highest BCUT2D eigenvalue weighted by Crippen LogP contribution is 2.07. The normalized spacial score (nSPS) is 11.8. The molecule has 0 aliphatic heterocycles. The van der Waals surface area contributed by atoms with E-state index in [-0.39, 0.29) is 5.71 Å². The van der Waals surface area contributed by atoms with E-state index in [4.69, 9.17) is 10.00 Å². The summed E-state index contributed by atoms with van der Waals surface area (Å²) in [5.74, 6) is 0. The van der Waals surface area contributed by atoms with Crippen LogP contribution in [0.5, 0.6) is 0 Å². The highest BCUT2D eigenvalue weighted by Gasteiger charge is 2.17. The lowest BCUT2D eigenvalue weighted by atomic mass is 10.2. The maximum absolute atomic E-state index is 10.8. The number of hydrogen-bond donors (Lipinski definition) is 0. The minimum absolute atomic E-state index is 0.0610. The van der Waals surface area contributed by atoms with Crippen molar-refractivity contribution in [2.75, 3.05) is 0 Å². The Morgan fingerprint density at radius 2 is 2.00 bits per heavy atom. The van der Waals surface area contributed by atoms with Gasteiger partial charge in [-0.05, 0) is 27.7 Å². The minimum Gasteiger partial charge on any atom is -0.427 e. The zero-order valence-corrected chi connectivity index (χ0v) is 8.12. The molecule has 5 nitrogen and oxygen atoms in total. The number of carbonyl (C=O) groups excluding carboxylic acids is 1. The van der Waals surface area contributed by atoms with Crippen LogP contribution in [-0.4, -0.2) is 17.5 Å². The van der Waals surface area contributed by atoms with E-state index in [9.17, 15) is 4.79 Å². The summed E-state index contributed by atoms with van der Waals surface area (Å²) in [6.07, 6.45) is -0.915. The fraction of sp³-hybridized carbons (Fsp3) is 0.625. The summed E-state index contributed by atoms with van der Waals surface area (Å²) in [5, 5.41) is 11.5. The van der Waals surface area contributed by atoms with Gasteiger partial charge >= 0.3 is 6.16 Å². The Labute approximate surface area is 76.9 Å². The Hall–Kier alpha value is -1.57. The van der Waals surface area contributed by atoms with Gasteiger partial charge in [0, 0.05) is 0 Å². The molecule has 0 aromatic heterocycles. The number of rotatable bonds is 1.